The lowest BCUT2D eigenvalue weighted by molar-refractivity contribution is 0.0957. The second-order valence-corrected chi connectivity index (χ2v) is 5.00. The van der Waals surface area contributed by atoms with Gasteiger partial charge in [-0.25, -0.2) is 0 Å². The van der Waals surface area contributed by atoms with E-state index in [0.29, 0.717) is 27.6 Å². The number of benzene rings is 2. The minimum absolute atomic E-state index is 0.491. The molecule has 20 heavy (non-hydrogen) atoms. The molecule has 3 nitrogen and oxygen atoms in total. The smallest absolute Gasteiger partial charge is 0.129 e. The summed E-state index contributed by atoms with van der Waals surface area (Å²) in [6, 6.07) is 12.6. The van der Waals surface area contributed by atoms with E-state index in [1.807, 2.05) is 18.2 Å². The molecular weight excluding hydrogens is 276 g/mol. The highest BCUT2D eigenvalue weighted by Crippen LogP contribution is 2.43. The quantitative estimate of drug-likeness (QED) is 0.935. The fraction of sp³-hybridized carbons (Fsp3) is 0.250. The van der Waals surface area contributed by atoms with Crippen molar-refractivity contribution in [3.05, 3.63) is 58.6 Å². The SMILES string of the molecule is COc1cccc(OC)c1C(C)(O)c1ccccc1Cl. The molecule has 0 amide bonds. The predicted octanol–water partition coefficient (Wildman–Crippen LogP) is 3.61. The van der Waals surface area contributed by atoms with E-state index < -0.39 is 5.60 Å². The largest absolute Gasteiger partial charge is 0.496 e. The monoisotopic (exact) mass is 292 g/mol. The van der Waals surface area contributed by atoms with Gasteiger partial charge in [-0.3, -0.25) is 0 Å². The first-order valence-corrected chi connectivity index (χ1v) is 6.59. The standard InChI is InChI=1S/C16H17ClO3/c1-16(18,11-7-4-5-8-12(11)17)15-13(19-2)9-6-10-14(15)20-3/h4-10,18H,1-3H3. The van der Waals surface area contributed by atoms with Gasteiger partial charge in [-0.15, -0.1) is 0 Å². The number of hydrogen-bond acceptors (Lipinski definition) is 3. The first-order chi connectivity index (χ1) is 9.52. The molecule has 0 radical (unpaired) electrons. The summed E-state index contributed by atoms with van der Waals surface area (Å²) in [5, 5.41) is 11.5. The molecular formula is C16H17ClO3. The van der Waals surface area contributed by atoms with Gasteiger partial charge >= 0.3 is 0 Å². The van der Waals surface area contributed by atoms with Crippen molar-refractivity contribution in [1.29, 1.82) is 0 Å². The van der Waals surface area contributed by atoms with Gasteiger partial charge in [-0.1, -0.05) is 35.9 Å². The maximum atomic E-state index is 11.0. The third-order valence-corrected chi connectivity index (χ3v) is 3.64. The van der Waals surface area contributed by atoms with E-state index in [1.165, 1.54) is 0 Å². The normalized spacial score (nSPS) is 13.7. The topological polar surface area (TPSA) is 38.7 Å². The molecule has 2 aromatic rings. The number of aliphatic hydroxyl groups is 1. The molecule has 2 rings (SSSR count). The summed E-state index contributed by atoms with van der Waals surface area (Å²) in [5.74, 6) is 1.10. The van der Waals surface area contributed by atoms with Crippen LogP contribution in [0.4, 0.5) is 0 Å². The molecule has 4 heteroatoms. The number of methoxy groups -OCH3 is 2. The fourth-order valence-corrected chi connectivity index (χ4v) is 2.64. The van der Waals surface area contributed by atoms with Gasteiger partial charge in [-0.05, 0) is 25.1 Å². The van der Waals surface area contributed by atoms with Gasteiger partial charge in [0.05, 0.1) is 19.8 Å². The average molecular weight is 293 g/mol. The molecule has 1 unspecified atom stereocenters. The van der Waals surface area contributed by atoms with Crippen LogP contribution in [0.5, 0.6) is 11.5 Å². The molecule has 0 aliphatic carbocycles. The highest BCUT2D eigenvalue weighted by Gasteiger charge is 2.34. The van der Waals surface area contributed by atoms with Crippen LogP contribution in [0.3, 0.4) is 0 Å². The van der Waals surface area contributed by atoms with Crippen molar-refractivity contribution in [2.24, 2.45) is 0 Å². The summed E-state index contributed by atoms with van der Waals surface area (Å²) >= 11 is 6.21. The van der Waals surface area contributed by atoms with Crippen molar-refractivity contribution in [1.82, 2.24) is 0 Å². The Morgan fingerprint density at radius 2 is 1.50 bits per heavy atom. The first kappa shape index (κ1) is 14.7. The highest BCUT2D eigenvalue weighted by atomic mass is 35.5. The minimum atomic E-state index is -1.32. The molecule has 2 aromatic carbocycles. The summed E-state index contributed by atoms with van der Waals surface area (Å²) in [7, 11) is 3.11. The fourth-order valence-electron chi connectivity index (χ4n) is 2.32. The van der Waals surface area contributed by atoms with E-state index in [9.17, 15) is 5.11 Å². The molecule has 0 spiro atoms. The van der Waals surface area contributed by atoms with Crippen LogP contribution < -0.4 is 9.47 Å². The van der Waals surface area contributed by atoms with Crippen molar-refractivity contribution < 1.29 is 14.6 Å². The van der Waals surface area contributed by atoms with Crippen molar-refractivity contribution in [2.75, 3.05) is 14.2 Å². The van der Waals surface area contributed by atoms with Gasteiger partial charge < -0.3 is 14.6 Å². The van der Waals surface area contributed by atoms with Crippen LogP contribution in [-0.4, -0.2) is 19.3 Å². The van der Waals surface area contributed by atoms with Crippen molar-refractivity contribution in [3.8, 4) is 11.5 Å². The lowest BCUT2D eigenvalue weighted by atomic mass is 9.87. The Morgan fingerprint density at radius 3 is 2.00 bits per heavy atom. The van der Waals surface area contributed by atoms with Crippen molar-refractivity contribution in [3.63, 3.8) is 0 Å². The molecule has 0 bridgehead atoms. The Bertz CT molecular complexity index is 586. The Hall–Kier alpha value is -1.71. The summed E-state index contributed by atoms with van der Waals surface area (Å²) in [5.41, 5.74) is -0.168. The number of hydrogen-bond donors (Lipinski definition) is 1. The van der Waals surface area contributed by atoms with E-state index in [2.05, 4.69) is 0 Å². The Morgan fingerprint density at radius 1 is 0.950 bits per heavy atom. The number of rotatable bonds is 4. The molecule has 0 saturated carbocycles. The Kier molecular flexibility index (Phi) is 4.21. The summed E-state index contributed by atoms with van der Waals surface area (Å²) in [6.07, 6.45) is 0. The van der Waals surface area contributed by atoms with Gasteiger partial charge in [0.2, 0.25) is 0 Å². The van der Waals surface area contributed by atoms with E-state index in [-0.39, 0.29) is 0 Å². The van der Waals surface area contributed by atoms with E-state index >= 15 is 0 Å². The van der Waals surface area contributed by atoms with Gasteiger partial charge in [0.1, 0.15) is 17.1 Å². The molecule has 106 valence electrons. The Labute approximate surface area is 123 Å². The lowest BCUT2D eigenvalue weighted by Crippen LogP contribution is -2.25. The molecule has 0 aromatic heterocycles. The molecule has 0 saturated heterocycles. The van der Waals surface area contributed by atoms with Crippen LogP contribution in [0.2, 0.25) is 5.02 Å². The van der Waals surface area contributed by atoms with E-state index in [4.69, 9.17) is 21.1 Å². The summed E-state index contributed by atoms with van der Waals surface area (Å²) in [6.45, 7) is 1.68. The van der Waals surface area contributed by atoms with E-state index in [0.717, 1.165) is 0 Å². The van der Waals surface area contributed by atoms with Crippen LogP contribution in [0, 0.1) is 0 Å². The zero-order chi connectivity index (χ0) is 14.8. The maximum Gasteiger partial charge on any atom is 0.129 e. The number of halogens is 1. The van der Waals surface area contributed by atoms with Crippen LogP contribution >= 0.6 is 11.6 Å². The minimum Gasteiger partial charge on any atom is -0.496 e. The lowest BCUT2D eigenvalue weighted by Gasteiger charge is -2.28. The molecule has 0 aliphatic rings. The molecule has 1 N–H and O–H groups in total. The molecule has 0 fully saturated rings. The maximum absolute atomic E-state index is 11.0. The summed E-state index contributed by atoms with van der Waals surface area (Å²) < 4.78 is 10.7. The van der Waals surface area contributed by atoms with Crippen molar-refractivity contribution in [2.45, 2.75) is 12.5 Å². The highest BCUT2D eigenvalue weighted by molar-refractivity contribution is 6.31. The van der Waals surface area contributed by atoms with Crippen LogP contribution in [0.1, 0.15) is 18.1 Å². The zero-order valence-corrected chi connectivity index (χ0v) is 12.4. The molecule has 0 aliphatic heterocycles. The number of ether oxygens (including phenoxy) is 2. The molecule has 1 atom stereocenters. The Balaban J connectivity index is 2.68. The van der Waals surface area contributed by atoms with Crippen LogP contribution in [-0.2, 0) is 5.60 Å². The van der Waals surface area contributed by atoms with Crippen LogP contribution in [0.15, 0.2) is 42.5 Å². The van der Waals surface area contributed by atoms with Gasteiger partial charge in [0.25, 0.3) is 0 Å². The molecule has 0 heterocycles. The first-order valence-electron chi connectivity index (χ1n) is 6.21. The average Bonchev–Trinajstić information content (AvgIpc) is 2.46. The zero-order valence-electron chi connectivity index (χ0n) is 11.7. The van der Waals surface area contributed by atoms with E-state index in [1.54, 1.807) is 45.4 Å². The van der Waals surface area contributed by atoms with Gasteiger partial charge in [0.15, 0.2) is 0 Å². The predicted molar refractivity (Wildman–Crippen MR) is 79.7 cm³/mol. The van der Waals surface area contributed by atoms with Gasteiger partial charge in [0, 0.05) is 10.6 Å². The third-order valence-electron chi connectivity index (χ3n) is 3.31. The summed E-state index contributed by atoms with van der Waals surface area (Å²) in [4.78, 5) is 0. The second-order valence-electron chi connectivity index (χ2n) is 4.59. The second kappa shape index (κ2) is 5.73. The van der Waals surface area contributed by atoms with Gasteiger partial charge in [-0.2, -0.15) is 0 Å². The van der Waals surface area contributed by atoms with Crippen LogP contribution in [0.25, 0.3) is 0 Å². The van der Waals surface area contributed by atoms with Crippen molar-refractivity contribution >= 4 is 11.6 Å². The third kappa shape index (κ3) is 2.47.